The molecule has 3 rings (SSSR count). The zero-order valence-electron chi connectivity index (χ0n) is 14.8. The number of hydrogen-bond acceptors (Lipinski definition) is 3. The molecule has 136 valence electrons. The Kier molecular flexibility index (Phi) is 5.89. The minimum absolute atomic E-state index is 0.0542. The van der Waals surface area contributed by atoms with E-state index in [9.17, 15) is 14.7 Å². The fourth-order valence-electron chi connectivity index (χ4n) is 3.28. The Bertz CT molecular complexity index is 802. The van der Waals surface area contributed by atoms with Gasteiger partial charge in [0, 0.05) is 13.1 Å². The van der Waals surface area contributed by atoms with Crippen LogP contribution in [-0.2, 0) is 24.1 Å². The Labute approximate surface area is 153 Å². The van der Waals surface area contributed by atoms with Gasteiger partial charge in [-0.15, -0.1) is 0 Å². The fourth-order valence-corrected chi connectivity index (χ4v) is 3.28. The number of amides is 2. The van der Waals surface area contributed by atoms with Crippen molar-refractivity contribution in [3.63, 3.8) is 0 Å². The van der Waals surface area contributed by atoms with E-state index in [2.05, 4.69) is 22.8 Å². The van der Waals surface area contributed by atoms with Gasteiger partial charge in [0.2, 0.25) is 5.91 Å². The number of fused-ring (bicyclic) bond motifs is 1. The lowest BCUT2D eigenvalue weighted by molar-refractivity contribution is -0.120. The highest BCUT2D eigenvalue weighted by Crippen LogP contribution is 2.22. The van der Waals surface area contributed by atoms with E-state index in [-0.39, 0.29) is 23.1 Å². The normalized spacial score (nSPS) is 12.9. The molecule has 5 heteroatoms. The van der Waals surface area contributed by atoms with Gasteiger partial charge in [-0.1, -0.05) is 30.3 Å². The third-order valence-electron chi connectivity index (χ3n) is 4.66. The number of phenols is 1. The summed E-state index contributed by atoms with van der Waals surface area (Å²) in [5.74, 6) is -0.467. The second kappa shape index (κ2) is 8.52. The lowest BCUT2D eigenvalue weighted by Crippen LogP contribution is -2.35. The summed E-state index contributed by atoms with van der Waals surface area (Å²) in [6, 6.07) is 12.7. The van der Waals surface area contributed by atoms with E-state index < -0.39 is 0 Å². The van der Waals surface area contributed by atoms with Crippen molar-refractivity contribution in [2.75, 3.05) is 13.1 Å². The molecule has 0 saturated heterocycles. The Morgan fingerprint density at radius 3 is 2.46 bits per heavy atom. The van der Waals surface area contributed by atoms with Gasteiger partial charge >= 0.3 is 0 Å². The van der Waals surface area contributed by atoms with Crippen molar-refractivity contribution in [2.24, 2.45) is 0 Å². The summed E-state index contributed by atoms with van der Waals surface area (Å²) in [5, 5.41) is 15.1. The number of hydrogen-bond donors (Lipinski definition) is 3. The molecule has 3 N–H and O–H groups in total. The molecule has 1 aliphatic carbocycles. The molecule has 0 fully saturated rings. The minimum Gasteiger partial charge on any atom is -0.507 e. The Balaban J connectivity index is 1.42. The van der Waals surface area contributed by atoms with Crippen molar-refractivity contribution < 1.29 is 14.7 Å². The molecule has 0 saturated carbocycles. The van der Waals surface area contributed by atoms with Crippen molar-refractivity contribution in [2.45, 2.75) is 32.1 Å². The van der Waals surface area contributed by atoms with Crippen LogP contribution >= 0.6 is 0 Å². The summed E-state index contributed by atoms with van der Waals surface area (Å²) >= 11 is 0. The molecule has 26 heavy (non-hydrogen) atoms. The van der Waals surface area contributed by atoms with Crippen molar-refractivity contribution in [3.05, 3.63) is 64.7 Å². The number of nitrogens with one attached hydrogen (secondary N) is 2. The first kappa shape index (κ1) is 18.0. The maximum atomic E-state index is 12.1. The molecule has 1 aliphatic rings. The number of aryl methyl sites for hydroxylation is 2. The number of rotatable bonds is 6. The Morgan fingerprint density at radius 2 is 1.65 bits per heavy atom. The highest BCUT2D eigenvalue weighted by molar-refractivity contribution is 5.96. The molecule has 0 bridgehead atoms. The molecule has 0 atom stereocenters. The third kappa shape index (κ3) is 4.63. The average Bonchev–Trinajstić information content (AvgIpc) is 2.65. The monoisotopic (exact) mass is 352 g/mol. The van der Waals surface area contributed by atoms with Crippen LogP contribution in [0.25, 0.3) is 0 Å². The van der Waals surface area contributed by atoms with Crippen molar-refractivity contribution in [1.82, 2.24) is 10.6 Å². The van der Waals surface area contributed by atoms with Crippen LogP contribution in [0.3, 0.4) is 0 Å². The maximum Gasteiger partial charge on any atom is 0.255 e. The summed E-state index contributed by atoms with van der Waals surface area (Å²) in [6.45, 7) is 0.659. The number of benzene rings is 2. The van der Waals surface area contributed by atoms with Gasteiger partial charge in [-0.25, -0.2) is 0 Å². The first-order valence-corrected chi connectivity index (χ1v) is 9.07. The molecule has 0 spiro atoms. The summed E-state index contributed by atoms with van der Waals surface area (Å²) in [6.07, 6.45) is 5.06. The standard InChI is InChI=1S/C21H24N2O3/c24-19-8-4-3-7-18(19)21(26)23-12-11-22-20(25)14-15-9-10-16-5-1-2-6-17(16)13-15/h3-4,7-10,13,24H,1-2,5-6,11-12,14H2,(H,22,25)(H,23,26). The fraction of sp³-hybridized carbons (Fsp3) is 0.333. The van der Waals surface area contributed by atoms with E-state index in [1.165, 1.54) is 30.0 Å². The van der Waals surface area contributed by atoms with Gasteiger partial charge in [0.1, 0.15) is 5.75 Å². The molecule has 5 nitrogen and oxygen atoms in total. The second-order valence-electron chi connectivity index (χ2n) is 6.61. The third-order valence-corrected chi connectivity index (χ3v) is 4.66. The molecule has 0 radical (unpaired) electrons. The van der Waals surface area contributed by atoms with Crippen LogP contribution in [0.5, 0.6) is 5.75 Å². The van der Waals surface area contributed by atoms with Crippen molar-refractivity contribution in [3.8, 4) is 5.75 Å². The summed E-state index contributed by atoms with van der Waals surface area (Å²) in [7, 11) is 0. The molecule has 0 unspecified atom stereocenters. The quantitative estimate of drug-likeness (QED) is 0.699. The van der Waals surface area contributed by atoms with E-state index in [4.69, 9.17) is 0 Å². The van der Waals surface area contributed by atoms with Crippen molar-refractivity contribution >= 4 is 11.8 Å². The first-order chi connectivity index (χ1) is 12.6. The van der Waals surface area contributed by atoms with Crippen LogP contribution < -0.4 is 10.6 Å². The molecule has 2 aromatic carbocycles. The van der Waals surface area contributed by atoms with Gasteiger partial charge in [-0.05, 0) is 54.5 Å². The Hall–Kier alpha value is -2.82. The SMILES string of the molecule is O=C(Cc1ccc2c(c1)CCCC2)NCCNC(=O)c1ccccc1O. The first-order valence-electron chi connectivity index (χ1n) is 9.07. The van der Waals surface area contributed by atoms with Crippen LogP contribution in [0.4, 0.5) is 0 Å². The number of aromatic hydroxyl groups is 1. The largest absolute Gasteiger partial charge is 0.507 e. The van der Waals surface area contributed by atoms with Gasteiger partial charge in [0.25, 0.3) is 5.91 Å². The molecule has 2 amide bonds. The summed E-state index contributed by atoms with van der Waals surface area (Å²) in [5.41, 5.74) is 4.04. The molecule has 0 aromatic heterocycles. The van der Waals surface area contributed by atoms with Crippen molar-refractivity contribution in [1.29, 1.82) is 0 Å². The minimum atomic E-state index is -0.355. The van der Waals surface area contributed by atoms with Crippen LogP contribution in [0.2, 0.25) is 0 Å². The molecular formula is C21H24N2O3. The van der Waals surface area contributed by atoms with Crippen LogP contribution in [-0.4, -0.2) is 30.0 Å². The number of para-hydroxylation sites is 1. The predicted octanol–water partition coefficient (Wildman–Crippen LogP) is 2.36. The number of phenolic OH excluding ortho intramolecular Hbond substituents is 1. The molecule has 0 aliphatic heterocycles. The zero-order chi connectivity index (χ0) is 18.4. The number of carbonyl (C=O) groups is 2. The van der Waals surface area contributed by atoms with Crippen LogP contribution in [0.15, 0.2) is 42.5 Å². The summed E-state index contributed by atoms with van der Waals surface area (Å²) in [4.78, 5) is 24.0. The average molecular weight is 352 g/mol. The van der Waals surface area contributed by atoms with Crippen LogP contribution in [0, 0.1) is 0 Å². The van der Waals surface area contributed by atoms with E-state index in [0.29, 0.717) is 19.5 Å². The van der Waals surface area contributed by atoms with Gasteiger partial charge in [0.05, 0.1) is 12.0 Å². The Morgan fingerprint density at radius 1 is 0.923 bits per heavy atom. The molecular weight excluding hydrogens is 328 g/mol. The van der Waals surface area contributed by atoms with E-state index in [0.717, 1.165) is 18.4 Å². The maximum absolute atomic E-state index is 12.1. The topological polar surface area (TPSA) is 78.4 Å². The zero-order valence-corrected chi connectivity index (χ0v) is 14.8. The second-order valence-corrected chi connectivity index (χ2v) is 6.61. The van der Waals surface area contributed by atoms with E-state index in [1.54, 1.807) is 18.2 Å². The van der Waals surface area contributed by atoms with Gasteiger partial charge < -0.3 is 15.7 Å². The lowest BCUT2D eigenvalue weighted by Gasteiger charge is -2.16. The molecule has 0 heterocycles. The highest BCUT2D eigenvalue weighted by Gasteiger charge is 2.12. The molecule has 2 aromatic rings. The van der Waals surface area contributed by atoms with Gasteiger partial charge in [0.15, 0.2) is 0 Å². The van der Waals surface area contributed by atoms with E-state index >= 15 is 0 Å². The predicted molar refractivity (Wildman–Crippen MR) is 100 cm³/mol. The lowest BCUT2D eigenvalue weighted by atomic mass is 9.90. The highest BCUT2D eigenvalue weighted by atomic mass is 16.3. The smallest absolute Gasteiger partial charge is 0.255 e. The summed E-state index contributed by atoms with van der Waals surface area (Å²) < 4.78 is 0. The van der Waals surface area contributed by atoms with Gasteiger partial charge in [-0.3, -0.25) is 9.59 Å². The van der Waals surface area contributed by atoms with E-state index in [1.807, 2.05) is 6.07 Å². The van der Waals surface area contributed by atoms with Gasteiger partial charge in [-0.2, -0.15) is 0 Å². The number of carbonyl (C=O) groups excluding carboxylic acids is 2. The van der Waals surface area contributed by atoms with Crippen LogP contribution in [0.1, 0.15) is 39.9 Å².